The number of pyridine rings is 1. The highest BCUT2D eigenvalue weighted by Crippen LogP contribution is 2.26. The van der Waals surface area contributed by atoms with Gasteiger partial charge in [0.2, 0.25) is 17.5 Å². The number of ketones is 1. The van der Waals surface area contributed by atoms with Crippen molar-refractivity contribution in [2.45, 2.75) is 58.2 Å². The summed E-state index contributed by atoms with van der Waals surface area (Å²) in [5, 5.41) is 3.40. The first-order chi connectivity index (χ1) is 18.7. The van der Waals surface area contributed by atoms with E-state index in [-0.39, 0.29) is 12.5 Å². The van der Waals surface area contributed by atoms with Crippen molar-refractivity contribution in [3.8, 4) is 5.75 Å². The molecule has 3 aromatic rings. The highest BCUT2D eigenvalue weighted by atomic mass is 19.2. The number of fused-ring (bicyclic) bond motifs is 1. The lowest BCUT2D eigenvalue weighted by molar-refractivity contribution is -0.156. The average molecular weight is 565 g/mol. The number of carbonyl (C=O) groups excluding carboxylic acids is 3. The summed E-state index contributed by atoms with van der Waals surface area (Å²) in [5.74, 6) is -11.4. The van der Waals surface area contributed by atoms with Crippen LogP contribution in [0.25, 0.3) is 10.8 Å². The van der Waals surface area contributed by atoms with Crippen LogP contribution in [0.2, 0.25) is 0 Å². The van der Waals surface area contributed by atoms with Crippen molar-refractivity contribution in [1.29, 1.82) is 0 Å². The van der Waals surface area contributed by atoms with Crippen molar-refractivity contribution in [2.24, 2.45) is 0 Å². The van der Waals surface area contributed by atoms with Crippen LogP contribution in [0.5, 0.6) is 5.75 Å². The van der Waals surface area contributed by atoms with E-state index in [0.29, 0.717) is 10.8 Å². The van der Waals surface area contributed by atoms with Crippen LogP contribution in [0.4, 0.5) is 17.6 Å². The number of aromatic nitrogens is 1. The van der Waals surface area contributed by atoms with Gasteiger partial charge in [0.05, 0.1) is 6.42 Å². The van der Waals surface area contributed by atoms with Gasteiger partial charge in [0, 0.05) is 17.6 Å². The lowest BCUT2D eigenvalue weighted by Crippen LogP contribution is -2.48. The monoisotopic (exact) mass is 564 g/mol. The Bertz CT molecular complexity index is 1470. The maximum absolute atomic E-state index is 14.0. The van der Waals surface area contributed by atoms with Gasteiger partial charge in [0.25, 0.3) is 5.56 Å². The molecule has 1 N–H and O–H groups in total. The molecule has 2 atom stereocenters. The number of hydrogen-bond donors (Lipinski definition) is 1. The van der Waals surface area contributed by atoms with Crippen LogP contribution in [0.15, 0.2) is 47.4 Å². The van der Waals surface area contributed by atoms with E-state index in [1.807, 2.05) is 0 Å². The molecular weight excluding hydrogens is 536 g/mol. The number of amides is 1. The second-order valence-corrected chi connectivity index (χ2v) is 9.94. The number of Topliss-reactive ketones (excluding diaryl/α,β-unsaturated/α-hetero) is 1. The Morgan fingerprint density at radius 3 is 2.23 bits per heavy atom. The van der Waals surface area contributed by atoms with E-state index in [9.17, 15) is 36.7 Å². The van der Waals surface area contributed by atoms with Gasteiger partial charge in [-0.2, -0.15) is 8.78 Å². The average Bonchev–Trinajstić information content (AvgIpc) is 2.87. The Morgan fingerprint density at radius 1 is 1.00 bits per heavy atom. The van der Waals surface area contributed by atoms with Crippen LogP contribution in [0.1, 0.15) is 46.6 Å². The lowest BCUT2D eigenvalue weighted by Gasteiger charge is -2.24. The topological polar surface area (TPSA) is 104 Å². The SMILES string of the molecule is CC[C@@H](C(=O)NC(CC(=O)OC(C)(C)C)C(=O)COc1c(F)c(F)cc(F)c1F)n1ccc2ccccc2c1=O. The van der Waals surface area contributed by atoms with E-state index in [4.69, 9.17) is 9.47 Å². The summed E-state index contributed by atoms with van der Waals surface area (Å²) in [4.78, 5) is 51.8. The smallest absolute Gasteiger partial charge is 0.308 e. The number of benzene rings is 2. The van der Waals surface area contributed by atoms with Crippen LogP contribution in [-0.4, -0.2) is 40.5 Å². The molecular formula is C28H28F4N2O6. The van der Waals surface area contributed by atoms with E-state index in [0.717, 1.165) is 0 Å². The second-order valence-electron chi connectivity index (χ2n) is 9.94. The summed E-state index contributed by atoms with van der Waals surface area (Å²) in [6, 6.07) is 5.64. The van der Waals surface area contributed by atoms with Crippen molar-refractivity contribution in [3.63, 3.8) is 0 Å². The molecule has 0 fully saturated rings. The van der Waals surface area contributed by atoms with E-state index in [1.165, 1.54) is 10.8 Å². The number of carbonyl (C=O) groups is 3. The molecule has 0 radical (unpaired) electrons. The van der Waals surface area contributed by atoms with Crippen molar-refractivity contribution in [1.82, 2.24) is 9.88 Å². The van der Waals surface area contributed by atoms with Gasteiger partial charge in [-0.15, -0.1) is 0 Å². The quantitative estimate of drug-likeness (QED) is 0.223. The molecule has 8 nitrogen and oxygen atoms in total. The number of halogens is 4. The van der Waals surface area contributed by atoms with Crippen molar-refractivity contribution >= 4 is 28.4 Å². The van der Waals surface area contributed by atoms with Crippen molar-refractivity contribution in [2.75, 3.05) is 6.61 Å². The van der Waals surface area contributed by atoms with E-state index >= 15 is 0 Å². The molecule has 12 heteroatoms. The van der Waals surface area contributed by atoms with Gasteiger partial charge in [0.15, 0.2) is 23.2 Å². The molecule has 3 rings (SSSR count). The molecule has 0 bridgehead atoms. The molecule has 0 aliphatic heterocycles. The van der Waals surface area contributed by atoms with Crippen molar-refractivity contribution in [3.05, 3.63) is 76.2 Å². The Labute approximate surface area is 226 Å². The molecule has 1 amide bonds. The Hall–Kier alpha value is -4.22. The number of nitrogens with zero attached hydrogens (tertiary/aromatic N) is 1. The van der Waals surface area contributed by atoms with Gasteiger partial charge in [-0.3, -0.25) is 19.2 Å². The number of nitrogens with one attached hydrogen (secondary N) is 1. The van der Waals surface area contributed by atoms with Crippen LogP contribution in [-0.2, 0) is 19.1 Å². The van der Waals surface area contributed by atoms with Crippen molar-refractivity contribution < 1.29 is 41.4 Å². The zero-order chi connectivity index (χ0) is 29.8. The minimum absolute atomic E-state index is 0.0233. The fourth-order valence-corrected chi connectivity index (χ4v) is 3.94. The fraction of sp³-hybridized carbons (Fsp3) is 0.357. The third-order valence-corrected chi connectivity index (χ3v) is 5.79. The Kier molecular flexibility index (Phi) is 9.33. The zero-order valence-electron chi connectivity index (χ0n) is 22.2. The molecule has 0 saturated heterocycles. The largest absolute Gasteiger partial charge is 0.479 e. The molecule has 0 spiro atoms. The predicted octanol–water partition coefficient (Wildman–Crippen LogP) is 4.37. The number of rotatable bonds is 10. The lowest BCUT2D eigenvalue weighted by atomic mass is 10.1. The number of hydrogen-bond acceptors (Lipinski definition) is 6. The summed E-state index contributed by atoms with van der Waals surface area (Å²) in [6.45, 7) is 5.20. The highest BCUT2D eigenvalue weighted by Gasteiger charge is 2.31. The van der Waals surface area contributed by atoms with Gasteiger partial charge >= 0.3 is 5.97 Å². The summed E-state index contributed by atoms with van der Waals surface area (Å²) in [7, 11) is 0. The maximum Gasteiger partial charge on any atom is 0.308 e. The number of esters is 1. The van der Waals surface area contributed by atoms with Crippen LogP contribution in [0.3, 0.4) is 0 Å². The van der Waals surface area contributed by atoms with E-state index in [2.05, 4.69) is 5.32 Å². The molecule has 0 aliphatic rings. The summed E-state index contributed by atoms with van der Waals surface area (Å²) < 4.78 is 66.2. The zero-order valence-corrected chi connectivity index (χ0v) is 22.2. The van der Waals surface area contributed by atoms with Crippen LogP contribution in [0, 0.1) is 23.3 Å². The minimum atomic E-state index is -1.86. The third-order valence-electron chi connectivity index (χ3n) is 5.79. The van der Waals surface area contributed by atoms with Crippen LogP contribution >= 0.6 is 0 Å². The van der Waals surface area contributed by atoms with Gasteiger partial charge in [-0.25, -0.2) is 8.78 Å². The van der Waals surface area contributed by atoms with Gasteiger partial charge in [-0.05, 0) is 44.7 Å². The minimum Gasteiger partial charge on any atom is -0.479 e. The predicted molar refractivity (Wildman–Crippen MR) is 137 cm³/mol. The Balaban J connectivity index is 1.87. The van der Waals surface area contributed by atoms with Crippen LogP contribution < -0.4 is 15.6 Å². The fourth-order valence-electron chi connectivity index (χ4n) is 3.94. The normalized spacial score (nSPS) is 13.0. The molecule has 40 heavy (non-hydrogen) atoms. The van der Waals surface area contributed by atoms with Gasteiger partial charge in [-0.1, -0.05) is 25.1 Å². The molecule has 1 unspecified atom stereocenters. The summed E-state index contributed by atoms with van der Waals surface area (Å²) >= 11 is 0. The van der Waals surface area contributed by atoms with E-state index < -0.39 is 82.9 Å². The van der Waals surface area contributed by atoms with Gasteiger partial charge in [0.1, 0.15) is 24.3 Å². The first-order valence-electron chi connectivity index (χ1n) is 12.3. The molecule has 2 aromatic carbocycles. The summed E-state index contributed by atoms with van der Waals surface area (Å²) in [5.41, 5.74) is -1.40. The molecule has 1 heterocycles. The van der Waals surface area contributed by atoms with Gasteiger partial charge < -0.3 is 19.4 Å². The molecule has 214 valence electrons. The summed E-state index contributed by atoms with van der Waals surface area (Å²) in [6.07, 6.45) is 0.847. The first-order valence-corrected chi connectivity index (χ1v) is 12.3. The standard InChI is InChI=1S/C28H28F4N2O6/c1-5-20(34-11-10-15-8-6-7-9-16(15)27(34)38)26(37)33-19(13-22(36)40-28(2,3)4)21(35)14-39-25-23(31)17(29)12-18(30)24(25)32/h6-12,19-20H,5,13-14H2,1-4H3,(H,33,37)/t19?,20-/m0/s1. The number of ether oxygens (including phenoxy) is 2. The molecule has 0 saturated carbocycles. The maximum atomic E-state index is 14.0. The van der Waals surface area contributed by atoms with E-state index in [1.54, 1.807) is 58.0 Å². The first kappa shape index (κ1) is 30.3. The third kappa shape index (κ3) is 7.04. The Morgan fingerprint density at radius 2 is 1.62 bits per heavy atom. The molecule has 0 aliphatic carbocycles. The highest BCUT2D eigenvalue weighted by molar-refractivity contribution is 5.94. The molecule has 1 aromatic heterocycles. The second kappa shape index (κ2) is 12.3.